The molecule has 2 unspecified atom stereocenters. The number of nitrogens with zero attached hydrogens (tertiary/aromatic N) is 3. The predicted molar refractivity (Wildman–Crippen MR) is 134 cm³/mol. The Bertz CT molecular complexity index is 1200. The number of aryl methyl sites for hydroxylation is 1. The van der Waals surface area contributed by atoms with Crippen LogP contribution in [0.3, 0.4) is 0 Å². The van der Waals surface area contributed by atoms with Gasteiger partial charge >= 0.3 is 0 Å². The van der Waals surface area contributed by atoms with E-state index in [-0.39, 0.29) is 29.9 Å². The van der Waals surface area contributed by atoms with Gasteiger partial charge in [0.15, 0.2) is 5.96 Å². The number of hydrogen-bond acceptors (Lipinski definition) is 5. The largest absolute Gasteiger partial charge is 0.370 e. The van der Waals surface area contributed by atoms with Gasteiger partial charge in [0, 0.05) is 10.9 Å². The Kier molecular flexibility index (Phi) is 6.53. The second-order valence-electron chi connectivity index (χ2n) is 8.35. The van der Waals surface area contributed by atoms with Crippen LogP contribution in [0.4, 0.5) is 11.8 Å². The first-order chi connectivity index (χ1) is 15.9. The average molecular weight is 444 g/mol. The molecular formula is C25H29N7O. The molecule has 0 spiro atoms. The van der Waals surface area contributed by atoms with Crippen molar-refractivity contribution in [3.8, 4) is 0 Å². The van der Waals surface area contributed by atoms with E-state index in [0.29, 0.717) is 11.4 Å². The van der Waals surface area contributed by atoms with Crippen LogP contribution in [0.15, 0.2) is 54.0 Å². The summed E-state index contributed by atoms with van der Waals surface area (Å²) < 4.78 is 0. The fourth-order valence-electron chi connectivity index (χ4n) is 4.15. The lowest BCUT2D eigenvalue weighted by Crippen LogP contribution is -2.38. The Labute approximate surface area is 193 Å². The first-order valence-corrected chi connectivity index (χ1v) is 11.1. The highest BCUT2D eigenvalue weighted by Crippen LogP contribution is 2.29. The Balaban J connectivity index is 1.66. The van der Waals surface area contributed by atoms with E-state index in [0.717, 1.165) is 47.7 Å². The predicted octanol–water partition coefficient (Wildman–Crippen LogP) is 3.83. The first-order valence-electron chi connectivity index (χ1n) is 11.1. The lowest BCUT2D eigenvalue weighted by molar-refractivity contribution is 0.102. The summed E-state index contributed by atoms with van der Waals surface area (Å²) in [4.78, 5) is 26.5. The zero-order valence-electron chi connectivity index (χ0n) is 18.7. The van der Waals surface area contributed by atoms with Gasteiger partial charge in [0.1, 0.15) is 5.82 Å². The van der Waals surface area contributed by atoms with Crippen molar-refractivity contribution in [3.05, 3.63) is 65.7 Å². The van der Waals surface area contributed by atoms with Gasteiger partial charge in [-0.25, -0.2) is 9.98 Å². The van der Waals surface area contributed by atoms with Gasteiger partial charge < -0.3 is 16.8 Å². The number of hydrogen-bond donors (Lipinski definition) is 4. The second-order valence-corrected chi connectivity index (χ2v) is 8.35. The van der Waals surface area contributed by atoms with Crippen LogP contribution < -0.4 is 22.1 Å². The molecule has 1 saturated carbocycles. The van der Waals surface area contributed by atoms with Crippen LogP contribution in [-0.4, -0.2) is 33.9 Å². The summed E-state index contributed by atoms with van der Waals surface area (Å²) in [5, 5.41) is 7.26. The van der Waals surface area contributed by atoms with Crippen molar-refractivity contribution in [3.63, 3.8) is 0 Å². The number of benzene rings is 2. The number of aromatic nitrogens is 2. The van der Waals surface area contributed by atoms with Crippen LogP contribution in [0.2, 0.25) is 0 Å². The average Bonchev–Trinajstić information content (AvgIpc) is 2.80. The Morgan fingerprint density at radius 3 is 2.61 bits per heavy atom. The second kappa shape index (κ2) is 9.68. The third kappa shape index (κ3) is 5.28. The van der Waals surface area contributed by atoms with Crippen LogP contribution in [0.5, 0.6) is 0 Å². The summed E-state index contributed by atoms with van der Waals surface area (Å²) in [6.07, 6.45) is 5.72. The van der Waals surface area contributed by atoms with Crippen LogP contribution in [-0.2, 0) is 0 Å². The van der Waals surface area contributed by atoms with Gasteiger partial charge in [-0.15, -0.1) is 0 Å². The van der Waals surface area contributed by atoms with Crippen molar-refractivity contribution >= 4 is 40.6 Å². The molecule has 3 aromatic rings. The molecule has 0 aliphatic heterocycles. The molecule has 8 heteroatoms. The smallest absolute Gasteiger partial charge is 0.258 e. The SMILES string of the molecule is C=Cc1ccc(C(=O)Nc2nc(NC3CCCCC3N=C(N)N)c3cc(C)ccc3n2)cc1. The molecule has 0 saturated heterocycles. The highest BCUT2D eigenvalue weighted by molar-refractivity contribution is 6.04. The van der Waals surface area contributed by atoms with Gasteiger partial charge in [0.25, 0.3) is 5.91 Å². The lowest BCUT2D eigenvalue weighted by atomic mass is 9.90. The Morgan fingerprint density at radius 2 is 1.88 bits per heavy atom. The number of amides is 1. The van der Waals surface area contributed by atoms with E-state index >= 15 is 0 Å². The van der Waals surface area contributed by atoms with Crippen molar-refractivity contribution in [1.82, 2.24) is 9.97 Å². The molecule has 8 nitrogen and oxygen atoms in total. The summed E-state index contributed by atoms with van der Waals surface area (Å²) in [7, 11) is 0. The molecule has 170 valence electrons. The quantitative estimate of drug-likeness (QED) is 0.338. The highest BCUT2D eigenvalue weighted by atomic mass is 16.1. The van der Waals surface area contributed by atoms with Crippen molar-refractivity contribution in [2.75, 3.05) is 10.6 Å². The van der Waals surface area contributed by atoms with Gasteiger partial charge in [0.2, 0.25) is 5.95 Å². The molecule has 33 heavy (non-hydrogen) atoms. The molecule has 4 rings (SSSR count). The molecule has 1 fully saturated rings. The zero-order chi connectivity index (χ0) is 23.4. The number of aliphatic imine (C=N–C) groups is 1. The number of rotatable bonds is 6. The molecule has 0 bridgehead atoms. The minimum absolute atomic E-state index is 0.0278. The molecular weight excluding hydrogens is 414 g/mol. The van der Waals surface area contributed by atoms with E-state index in [1.165, 1.54) is 0 Å². The third-order valence-electron chi connectivity index (χ3n) is 5.85. The highest BCUT2D eigenvalue weighted by Gasteiger charge is 2.26. The van der Waals surface area contributed by atoms with Crippen molar-refractivity contribution < 1.29 is 4.79 Å². The maximum absolute atomic E-state index is 12.8. The molecule has 1 aromatic heterocycles. The summed E-state index contributed by atoms with van der Waals surface area (Å²) in [6, 6.07) is 13.1. The number of anilines is 2. The van der Waals surface area contributed by atoms with E-state index in [1.54, 1.807) is 18.2 Å². The van der Waals surface area contributed by atoms with Gasteiger partial charge in [-0.1, -0.05) is 49.3 Å². The summed E-state index contributed by atoms with van der Waals surface area (Å²) >= 11 is 0. The topological polar surface area (TPSA) is 131 Å². The number of fused-ring (bicyclic) bond motifs is 1. The fourth-order valence-corrected chi connectivity index (χ4v) is 4.15. The molecule has 6 N–H and O–H groups in total. The Hall–Kier alpha value is -3.94. The minimum atomic E-state index is -0.279. The number of nitrogens with one attached hydrogen (secondary N) is 2. The molecule has 1 aliphatic rings. The van der Waals surface area contributed by atoms with Crippen LogP contribution in [0.1, 0.15) is 47.2 Å². The molecule has 1 heterocycles. The van der Waals surface area contributed by atoms with E-state index in [2.05, 4.69) is 32.2 Å². The fraction of sp³-hybridized carbons (Fsp3) is 0.280. The molecule has 0 radical (unpaired) electrons. The van der Waals surface area contributed by atoms with Gasteiger partial charge in [-0.2, -0.15) is 4.98 Å². The molecule has 2 atom stereocenters. The molecule has 1 aliphatic carbocycles. The number of guanidine groups is 1. The standard InChI is InChI=1S/C25H29N7O/c1-3-16-9-11-17(12-10-16)23(33)32-25-30-19-13-8-15(2)14-18(19)22(31-25)28-20-6-4-5-7-21(20)29-24(26)27/h3,8-14,20-21H,1,4-7H2,2H3,(H4,26,27,29)(H2,28,30,31,32,33). The van der Waals surface area contributed by atoms with Crippen molar-refractivity contribution in [2.45, 2.75) is 44.7 Å². The van der Waals surface area contributed by atoms with Gasteiger partial charge in [-0.3, -0.25) is 10.1 Å². The van der Waals surface area contributed by atoms with Crippen LogP contribution in [0, 0.1) is 6.92 Å². The monoisotopic (exact) mass is 443 g/mol. The van der Waals surface area contributed by atoms with E-state index in [4.69, 9.17) is 11.5 Å². The van der Waals surface area contributed by atoms with E-state index < -0.39 is 0 Å². The summed E-state index contributed by atoms with van der Waals surface area (Å²) in [5.74, 6) is 0.705. The maximum atomic E-state index is 12.8. The van der Waals surface area contributed by atoms with Gasteiger partial charge in [0.05, 0.1) is 17.6 Å². The van der Waals surface area contributed by atoms with Crippen LogP contribution in [0.25, 0.3) is 17.0 Å². The zero-order valence-corrected chi connectivity index (χ0v) is 18.7. The number of nitrogens with two attached hydrogens (primary N) is 2. The summed E-state index contributed by atoms with van der Waals surface area (Å²) in [5.41, 5.74) is 14.6. The number of carbonyl (C=O) groups excluding carboxylic acids is 1. The van der Waals surface area contributed by atoms with E-state index in [1.807, 2.05) is 37.3 Å². The normalized spacial score (nSPS) is 17.8. The molecule has 2 aromatic carbocycles. The lowest BCUT2D eigenvalue weighted by Gasteiger charge is -2.30. The van der Waals surface area contributed by atoms with Crippen LogP contribution >= 0.6 is 0 Å². The Morgan fingerprint density at radius 1 is 1.12 bits per heavy atom. The van der Waals surface area contributed by atoms with E-state index in [9.17, 15) is 4.79 Å². The number of carbonyl (C=O) groups is 1. The minimum Gasteiger partial charge on any atom is -0.370 e. The van der Waals surface area contributed by atoms with Gasteiger partial charge in [-0.05, 0) is 49.6 Å². The van der Waals surface area contributed by atoms with Crippen molar-refractivity contribution in [1.29, 1.82) is 0 Å². The third-order valence-corrected chi connectivity index (χ3v) is 5.85. The summed E-state index contributed by atoms with van der Waals surface area (Å²) in [6.45, 7) is 5.76. The maximum Gasteiger partial charge on any atom is 0.258 e. The molecule has 1 amide bonds. The van der Waals surface area contributed by atoms with Crippen molar-refractivity contribution in [2.24, 2.45) is 16.5 Å². The first kappa shape index (κ1) is 22.3.